The lowest BCUT2D eigenvalue weighted by molar-refractivity contribution is -0.123. The van der Waals surface area contributed by atoms with E-state index in [2.05, 4.69) is 209 Å². The summed E-state index contributed by atoms with van der Waals surface area (Å²) in [6.45, 7) is 49.6. The molecule has 484 valence electrons. The Morgan fingerprint density at radius 1 is 0.272 bits per heavy atom. The minimum absolute atomic E-state index is 0.191. The van der Waals surface area contributed by atoms with Gasteiger partial charge in [-0.2, -0.15) is 0 Å². The van der Waals surface area contributed by atoms with E-state index in [4.69, 9.17) is 0 Å². The van der Waals surface area contributed by atoms with Crippen LogP contribution in [-0.2, 0) is 40.8 Å². The van der Waals surface area contributed by atoms with Gasteiger partial charge in [0, 0.05) is 99.3 Å². The maximum absolute atomic E-state index is 14.4. The minimum atomic E-state index is -0.771. The molecule has 4 amide bonds. The summed E-state index contributed by atoms with van der Waals surface area (Å²) in [5.41, 5.74) is 12.0. The Morgan fingerprint density at radius 3 is 0.707 bits per heavy atom. The van der Waals surface area contributed by atoms with Gasteiger partial charge in [-0.05, 0) is 128 Å². The van der Waals surface area contributed by atoms with Gasteiger partial charge in [-0.25, -0.2) is 0 Å². The number of anilines is 4. The van der Waals surface area contributed by atoms with E-state index in [0.29, 0.717) is 67.1 Å². The van der Waals surface area contributed by atoms with Gasteiger partial charge in [0.2, 0.25) is 23.6 Å². The number of carbonyl (C=O) groups is 4. The maximum Gasteiger partial charge on any atom is 0.229 e. The smallest absolute Gasteiger partial charge is 0.229 e. The fourth-order valence-corrected chi connectivity index (χ4v) is 11.1. The Bertz CT molecular complexity index is 4050. The first-order valence-electron chi connectivity index (χ1n) is 32.4. The van der Waals surface area contributed by atoms with E-state index in [9.17, 15) is 19.2 Å². The molecule has 12 heteroatoms. The molecule has 12 nitrogen and oxygen atoms in total. The molecule has 0 atom stereocenters. The molecule has 0 fully saturated rings. The van der Waals surface area contributed by atoms with Gasteiger partial charge in [0.1, 0.15) is 0 Å². The fourth-order valence-electron chi connectivity index (χ4n) is 11.1. The number of aromatic amines is 4. The van der Waals surface area contributed by atoms with Crippen LogP contribution < -0.4 is 42.7 Å². The van der Waals surface area contributed by atoms with Gasteiger partial charge in [-0.3, -0.25) is 19.2 Å². The van der Waals surface area contributed by atoms with E-state index in [0.717, 1.165) is 66.6 Å². The first-order valence-corrected chi connectivity index (χ1v) is 32.4. The minimum Gasteiger partial charge on any atom is -0.354 e. The van der Waals surface area contributed by atoms with Crippen LogP contribution in [0.4, 0.5) is 22.7 Å². The molecule has 4 aromatic carbocycles. The van der Waals surface area contributed by atoms with Crippen LogP contribution in [-0.4, -0.2) is 43.6 Å². The van der Waals surface area contributed by atoms with Gasteiger partial charge in [-0.15, -0.1) is 0 Å². The van der Waals surface area contributed by atoms with Gasteiger partial charge in [0.25, 0.3) is 0 Å². The molecule has 0 saturated heterocycles. The fraction of sp³-hybridized carbons (Fsp3) is 0.400. The zero-order valence-electron chi connectivity index (χ0n) is 59.2. The second kappa shape index (κ2) is 23.8. The first kappa shape index (κ1) is 67.7. The second-order valence-corrected chi connectivity index (χ2v) is 33.5. The van der Waals surface area contributed by atoms with Crippen LogP contribution in [0.3, 0.4) is 0 Å². The largest absolute Gasteiger partial charge is 0.354 e. The molecule has 8 aromatic rings. The average Bonchev–Trinajstić information content (AvgIpc) is 1.50. The van der Waals surface area contributed by atoms with Crippen LogP contribution in [0.5, 0.6) is 0 Å². The predicted molar refractivity (Wildman–Crippen MR) is 381 cm³/mol. The molecule has 0 aliphatic carbocycles. The number of aromatic nitrogens is 4. The molecular formula is C80H100N8O4. The van der Waals surface area contributed by atoms with Crippen molar-refractivity contribution < 1.29 is 19.2 Å². The van der Waals surface area contributed by atoms with Crippen molar-refractivity contribution in [3.05, 3.63) is 210 Å². The van der Waals surface area contributed by atoms with Gasteiger partial charge >= 0.3 is 0 Å². The molecule has 1 aliphatic heterocycles. The van der Waals surface area contributed by atoms with Crippen molar-refractivity contribution >= 4 is 68.7 Å². The Labute approximate surface area is 545 Å². The number of amides is 4. The van der Waals surface area contributed by atoms with Crippen molar-refractivity contribution in [2.75, 3.05) is 21.3 Å². The SMILES string of the molecule is CC(C)(C)C(=O)Nc1cccc(NC(=O)C(C)(C)C)c1C1=c2ccc([nH]2)=C(c2cc(C(C)(C)C)cc(C(C)(C)C)c2)c2ccc([nH]2)C(c2c(NC(=O)C(C)(C)C)cccc2NC(=O)C(C)(C)C)=c2ccc([nH]2)=C(c2cc(C(C)(C)C)cc(C(C)(C)C)c2)c2ccc1[nH]2. The van der Waals surface area contributed by atoms with E-state index in [1.165, 1.54) is 0 Å². The van der Waals surface area contributed by atoms with E-state index < -0.39 is 21.7 Å². The summed E-state index contributed by atoms with van der Waals surface area (Å²) in [4.78, 5) is 73.6. The van der Waals surface area contributed by atoms with E-state index >= 15 is 0 Å². The highest BCUT2D eigenvalue weighted by Gasteiger charge is 2.33. The van der Waals surface area contributed by atoms with E-state index in [1.54, 1.807) is 0 Å². The summed E-state index contributed by atoms with van der Waals surface area (Å²) in [6.07, 6.45) is 0. The lowest BCUT2D eigenvalue weighted by atomic mass is 9.78. The number of benzene rings is 4. The van der Waals surface area contributed by atoms with Crippen LogP contribution >= 0.6 is 0 Å². The number of hydrogen-bond acceptors (Lipinski definition) is 4. The number of hydrogen-bond donors (Lipinski definition) is 8. The van der Waals surface area contributed by atoms with Crippen LogP contribution in [0.2, 0.25) is 0 Å². The molecule has 0 unspecified atom stereocenters. The monoisotopic (exact) mass is 1240 g/mol. The normalized spacial score (nSPS) is 13.7. The third-order valence-electron chi connectivity index (χ3n) is 17.2. The quantitative estimate of drug-likeness (QED) is 0.0755. The summed E-state index contributed by atoms with van der Waals surface area (Å²) >= 11 is 0. The number of fused-ring (bicyclic) bond motifs is 8. The molecule has 0 radical (unpaired) electrons. The molecule has 5 heterocycles. The summed E-state index contributed by atoms with van der Waals surface area (Å²) in [5.74, 6) is -0.765. The maximum atomic E-state index is 14.4. The molecule has 92 heavy (non-hydrogen) atoms. The molecule has 0 saturated carbocycles. The van der Waals surface area contributed by atoms with Crippen molar-refractivity contribution in [3.63, 3.8) is 0 Å². The number of nitrogens with one attached hydrogen (secondary N) is 8. The Morgan fingerprint density at radius 2 is 0.489 bits per heavy atom. The van der Waals surface area contributed by atoms with Gasteiger partial charge < -0.3 is 41.2 Å². The van der Waals surface area contributed by atoms with Gasteiger partial charge in [0.05, 0.1) is 22.7 Å². The molecule has 1 aliphatic rings. The molecule has 8 bridgehead atoms. The van der Waals surface area contributed by atoms with E-state index in [-0.39, 0.29) is 45.3 Å². The average molecular weight is 1240 g/mol. The van der Waals surface area contributed by atoms with Gasteiger partial charge in [0.15, 0.2) is 0 Å². The molecular weight excluding hydrogens is 1140 g/mol. The standard InChI is InChI=1S/C80H100N8O4/c1-73(2,3)47-39-45(40-48(43-47)74(4,5)6)63-55-31-35-59(81-55)67(65-51(85-69(89)77(13,14)15)27-25-28-52(65)86-70(90)78(16,17)18)61-37-33-57(83-61)64(46-41-49(75(7,8)9)44-50(42-46)76(10,11)12)58-34-38-62(84-58)68(60-36-32-56(63)82-60)66-53(87-71(91)79(19,20)21)29-26-30-54(66)88-72(92)80(22,23)24/h25-44,81-84H,1-24H3,(H,85,89)(H,86,90)(H,87,91)(H,88,92). The van der Waals surface area contributed by atoms with Crippen LogP contribution in [0, 0.1) is 21.7 Å². The van der Waals surface area contributed by atoms with Crippen LogP contribution in [0.25, 0.3) is 22.3 Å². The Balaban J connectivity index is 1.56. The third-order valence-corrected chi connectivity index (χ3v) is 17.2. The van der Waals surface area contributed by atoms with E-state index in [1.807, 2.05) is 119 Å². The Kier molecular flexibility index (Phi) is 17.5. The molecule has 0 spiro atoms. The summed E-state index contributed by atoms with van der Waals surface area (Å²) in [7, 11) is 0. The highest BCUT2D eigenvalue weighted by Crippen LogP contribution is 2.41. The second-order valence-electron chi connectivity index (χ2n) is 33.5. The zero-order valence-corrected chi connectivity index (χ0v) is 59.2. The molecule has 4 aromatic heterocycles. The van der Waals surface area contributed by atoms with Crippen molar-refractivity contribution in [2.45, 2.75) is 188 Å². The molecule has 9 rings (SSSR count). The first-order chi connectivity index (χ1) is 42.3. The van der Waals surface area contributed by atoms with Crippen molar-refractivity contribution in [3.8, 4) is 0 Å². The lowest BCUT2D eigenvalue weighted by Gasteiger charge is -2.26. The van der Waals surface area contributed by atoms with Crippen LogP contribution in [0.15, 0.2) is 121 Å². The highest BCUT2D eigenvalue weighted by molar-refractivity contribution is 6.06. The third kappa shape index (κ3) is 14.3. The number of H-pyrrole nitrogens is 4. The lowest BCUT2D eigenvalue weighted by Crippen LogP contribution is -2.30. The van der Waals surface area contributed by atoms with Crippen LogP contribution in [0.1, 0.15) is 233 Å². The highest BCUT2D eigenvalue weighted by atomic mass is 16.2. The van der Waals surface area contributed by atoms with Gasteiger partial charge in [-0.1, -0.05) is 215 Å². The number of rotatable bonds is 8. The topological polar surface area (TPSA) is 180 Å². The van der Waals surface area contributed by atoms with Crippen molar-refractivity contribution in [2.24, 2.45) is 21.7 Å². The number of carbonyl (C=O) groups excluding carboxylic acids is 4. The molecule has 8 N–H and O–H groups in total. The Hall–Kier alpha value is -8.64. The van der Waals surface area contributed by atoms with Crippen molar-refractivity contribution in [1.82, 2.24) is 19.9 Å². The summed E-state index contributed by atoms with van der Waals surface area (Å²) in [5, 5.41) is 16.3. The summed E-state index contributed by atoms with van der Waals surface area (Å²) in [6, 6.07) is 42.0. The zero-order chi connectivity index (χ0) is 68.0. The van der Waals surface area contributed by atoms with Crippen molar-refractivity contribution in [1.29, 1.82) is 0 Å². The predicted octanol–water partition coefficient (Wildman–Crippen LogP) is 15.4. The summed E-state index contributed by atoms with van der Waals surface area (Å²) < 4.78 is 0.